The Morgan fingerprint density at radius 1 is 1.47 bits per heavy atom. The molecule has 0 radical (unpaired) electrons. The summed E-state index contributed by atoms with van der Waals surface area (Å²) in [6.07, 6.45) is -0.406. The Balaban J connectivity index is 2.87. The normalized spacial score (nSPS) is 11.5. The number of rotatable bonds is 4. The van der Waals surface area contributed by atoms with E-state index in [1.807, 2.05) is 0 Å². The minimum absolute atomic E-state index is 0.391. The van der Waals surface area contributed by atoms with Crippen LogP contribution < -0.4 is 10.5 Å². The summed E-state index contributed by atoms with van der Waals surface area (Å²) in [5.41, 5.74) is 5.40. The average molecular weight is 236 g/mol. The Kier molecular flexibility index (Phi) is 3.88. The highest BCUT2D eigenvalue weighted by Crippen LogP contribution is 2.27. The summed E-state index contributed by atoms with van der Waals surface area (Å²) in [5, 5.41) is 0.400. The fourth-order valence-corrected chi connectivity index (χ4v) is 1.38. The molecule has 0 unspecified atom stereocenters. The number of ether oxygens (including phenoxy) is 1. The van der Waals surface area contributed by atoms with E-state index in [4.69, 9.17) is 22.1 Å². The van der Waals surface area contributed by atoms with Gasteiger partial charge in [0.2, 0.25) is 0 Å². The summed E-state index contributed by atoms with van der Waals surface area (Å²) in [5.74, 6) is -2.50. The smallest absolute Gasteiger partial charge is 0.264 e. The zero-order valence-electron chi connectivity index (χ0n) is 8.27. The molecular weight excluding hydrogens is 224 g/mol. The van der Waals surface area contributed by atoms with Gasteiger partial charge in [-0.1, -0.05) is 17.7 Å². The standard InChI is InChI=1S/C10H12ClF2NO/c1-15-9-4-7(2-3-8(9)11)5-10(12,13)6-14/h2-4H,5-6,14H2,1H3. The van der Waals surface area contributed by atoms with Gasteiger partial charge in [0, 0.05) is 6.42 Å². The molecule has 0 atom stereocenters. The van der Waals surface area contributed by atoms with Gasteiger partial charge in [0.05, 0.1) is 18.7 Å². The Morgan fingerprint density at radius 3 is 2.67 bits per heavy atom. The molecule has 0 aromatic heterocycles. The molecule has 0 aliphatic heterocycles. The second-order valence-electron chi connectivity index (χ2n) is 3.21. The first kappa shape index (κ1) is 12.2. The van der Waals surface area contributed by atoms with Crippen LogP contribution in [0.1, 0.15) is 5.56 Å². The van der Waals surface area contributed by atoms with Gasteiger partial charge in [-0.3, -0.25) is 0 Å². The third kappa shape index (κ3) is 3.32. The van der Waals surface area contributed by atoms with E-state index in [0.29, 0.717) is 16.3 Å². The molecule has 0 fully saturated rings. The van der Waals surface area contributed by atoms with Crippen molar-refractivity contribution < 1.29 is 13.5 Å². The zero-order valence-corrected chi connectivity index (χ0v) is 9.02. The van der Waals surface area contributed by atoms with Gasteiger partial charge in [-0.05, 0) is 17.7 Å². The Hall–Kier alpha value is -0.870. The first-order valence-corrected chi connectivity index (χ1v) is 4.76. The van der Waals surface area contributed by atoms with Crippen LogP contribution in [0, 0.1) is 0 Å². The fourth-order valence-electron chi connectivity index (χ4n) is 1.18. The van der Waals surface area contributed by atoms with Gasteiger partial charge >= 0.3 is 0 Å². The van der Waals surface area contributed by atoms with Crippen LogP contribution in [0.4, 0.5) is 8.78 Å². The lowest BCUT2D eigenvalue weighted by molar-refractivity contribution is 0.0115. The van der Waals surface area contributed by atoms with Gasteiger partial charge < -0.3 is 10.5 Å². The van der Waals surface area contributed by atoms with Crippen LogP contribution in [0.2, 0.25) is 5.02 Å². The highest BCUT2D eigenvalue weighted by atomic mass is 35.5. The van der Waals surface area contributed by atoms with Crippen molar-refractivity contribution in [3.05, 3.63) is 28.8 Å². The molecule has 84 valence electrons. The maximum Gasteiger partial charge on any atom is 0.264 e. The topological polar surface area (TPSA) is 35.2 Å². The van der Waals surface area contributed by atoms with E-state index >= 15 is 0 Å². The first-order valence-electron chi connectivity index (χ1n) is 4.39. The monoisotopic (exact) mass is 235 g/mol. The van der Waals surface area contributed by atoms with Crippen LogP contribution in [-0.4, -0.2) is 19.6 Å². The van der Waals surface area contributed by atoms with Crippen molar-refractivity contribution in [2.45, 2.75) is 12.3 Å². The van der Waals surface area contributed by atoms with E-state index in [9.17, 15) is 8.78 Å². The van der Waals surface area contributed by atoms with Crippen LogP contribution in [-0.2, 0) is 6.42 Å². The lowest BCUT2D eigenvalue weighted by atomic mass is 10.1. The van der Waals surface area contributed by atoms with Crippen LogP contribution in [0.3, 0.4) is 0 Å². The molecule has 2 N–H and O–H groups in total. The van der Waals surface area contributed by atoms with Gasteiger partial charge in [0.1, 0.15) is 5.75 Å². The quantitative estimate of drug-likeness (QED) is 0.870. The molecule has 0 spiro atoms. The lowest BCUT2D eigenvalue weighted by Crippen LogP contribution is -2.30. The van der Waals surface area contributed by atoms with Crippen molar-refractivity contribution in [2.75, 3.05) is 13.7 Å². The minimum Gasteiger partial charge on any atom is -0.495 e. The van der Waals surface area contributed by atoms with Gasteiger partial charge in [0.15, 0.2) is 0 Å². The maximum absolute atomic E-state index is 13.0. The number of alkyl halides is 2. The highest BCUT2D eigenvalue weighted by Gasteiger charge is 2.27. The second kappa shape index (κ2) is 4.77. The molecular formula is C10H12ClF2NO. The lowest BCUT2D eigenvalue weighted by Gasteiger charge is -2.14. The fraction of sp³-hybridized carbons (Fsp3) is 0.400. The van der Waals surface area contributed by atoms with Crippen molar-refractivity contribution in [3.8, 4) is 5.75 Å². The number of methoxy groups -OCH3 is 1. The van der Waals surface area contributed by atoms with E-state index in [1.54, 1.807) is 0 Å². The SMILES string of the molecule is COc1cc(CC(F)(F)CN)ccc1Cl. The molecule has 5 heteroatoms. The molecule has 1 rings (SSSR count). The van der Waals surface area contributed by atoms with E-state index in [1.165, 1.54) is 25.3 Å². The first-order chi connectivity index (χ1) is 6.98. The number of hydrogen-bond acceptors (Lipinski definition) is 2. The third-order valence-corrected chi connectivity index (χ3v) is 2.29. The number of nitrogens with two attached hydrogens (primary N) is 1. The molecule has 15 heavy (non-hydrogen) atoms. The van der Waals surface area contributed by atoms with Crippen LogP contribution >= 0.6 is 11.6 Å². The molecule has 1 aromatic rings. The van der Waals surface area contributed by atoms with Crippen molar-refractivity contribution in [2.24, 2.45) is 5.73 Å². The second-order valence-corrected chi connectivity index (χ2v) is 3.61. The summed E-state index contributed by atoms with van der Waals surface area (Å²) in [7, 11) is 1.44. The molecule has 2 nitrogen and oxygen atoms in total. The van der Waals surface area contributed by atoms with Gasteiger partial charge in [-0.2, -0.15) is 0 Å². The highest BCUT2D eigenvalue weighted by molar-refractivity contribution is 6.32. The molecule has 1 aromatic carbocycles. The largest absolute Gasteiger partial charge is 0.495 e. The van der Waals surface area contributed by atoms with Crippen molar-refractivity contribution in [3.63, 3.8) is 0 Å². The summed E-state index contributed by atoms with van der Waals surface area (Å²) >= 11 is 5.76. The minimum atomic E-state index is -2.89. The van der Waals surface area contributed by atoms with E-state index < -0.39 is 18.9 Å². The van der Waals surface area contributed by atoms with Crippen molar-refractivity contribution in [1.82, 2.24) is 0 Å². The van der Waals surface area contributed by atoms with Gasteiger partial charge in [-0.15, -0.1) is 0 Å². The van der Waals surface area contributed by atoms with Crippen LogP contribution in [0.25, 0.3) is 0 Å². The summed E-state index contributed by atoms with van der Waals surface area (Å²) < 4.78 is 30.9. The predicted octanol–water partition coefficient (Wildman–Crippen LogP) is 2.49. The average Bonchev–Trinajstić information content (AvgIpc) is 2.20. The van der Waals surface area contributed by atoms with Gasteiger partial charge in [0.25, 0.3) is 5.92 Å². The number of halogens is 3. The molecule has 0 amide bonds. The van der Waals surface area contributed by atoms with Crippen LogP contribution in [0.15, 0.2) is 18.2 Å². The molecule has 0 aliphatic carbocycles. The maximum atomic E-state index is 13.0. The van der Waals surface area contributed by atoms with E-state index in [0.717, 1.165) is 0 Å². The van der Waals surface area contributed by atoms with Gasteiger partial charge in [-0.25, -0.2) is 8.78 Å². The zero-order chi connectivity index (χ0) is 11.5. The Labute approximate surface area is 92.0 Å². The van der Waals surface area contributed by atoms with E-state index in [-0.39, 0.29) is 0 Å². The predicted molar refractivity (Wildman–Crippen MR) is 55.7 cm³/mol. The molecule has 0 bridgehead atoms. The molecule has 0 heterocycles. The van der Waals surface area contributed by atoms with E-state index in [2.05, 4.69) is 0 Å². The third-order valence-electron chi connectivity index (χ3n) is 1.98. The number of hydrogen-bond donors (Lipinski definition) is 1. The molecule has 0 saturated heterocycles. The van der Waals surface area contributed by atoms with Crippen molar-refractivity contribution >= 4 is 11.6 Å². The Bertz CT molecular complexity index is 344. The van der Waals surface area contributed by atoms with Crippen LogP contribution in [0.5, 0.6) is 5.75 Å². The molecule has 0 aliphatic rings. The number of benzene rings is 1. The molecule has 0 saturated carbocycles. The summed E-state index contributed by atoms with van der Waals surface area (Å²) in [4.78, 5) is 0. The van der Waals surface area contributed by atoms with Crippen molar-refractivity contribution in [1.29, 1.82) is 0 Å². The summed E-state index contributed by atoms with van der Waals surface area (Å²) in [6, 6.07) is 4.56. The Morgan fingerprint density at radius 2 is 2.13 bits per heavy atom. The summed E-state index contributed by atoms with van der Waals surface area (Å²) in [6.45, 7) is -0.669.